The van der Waals surface area contributed by atoms with E-state index in [-0.39, 0.29) is 40.7 Å². The van der Waals surface area contributed by atoms with Crippen molar-refractivity contribution in [3.8, 4) is 17.3 Å². The number of carbonyl (C=O) groups excluding carboxylic acids is 1. The maximum Gasteiger partial charge on any atom is 0.240 e. The summed E-state index contributed by atoms with van der Waals surface area (Å²) in [5, 5.41) is 12.6. The van der Waals surface area contributed by atoms with Crippen LogP contribution in [0.1, 0.15) is 29.3 Å². The van der Waals surface area contributed by atoms with Gasteiger partial charge in [-0.15, -0.1) is 0 Å². The quantitative estimate of drug-likeness (QED) is 0.331. The van der Waals surface area contributed by atoms with Crippen LogP contribution in [-0.4, -0.2) is 35.4 Å². The van der Waals surface area contributed by atoms with Crippen LogP contribution in [0.3, 0.4) is 0 Å². The molecule has 12 heteroatoms. The number of aromatic hydroxyl groups is 1. The third-order valence-corrected chi connectivity index (χ3v) is 6.69. The summed E-state index contributed by atoms with van der Waals surface area (Å²) in [4.78, 5) is 30.9. The molecular formula is C26H18F3N7O2. The zero-order valence-electron chi connectivity index (χ0n) is 19.7. The zero-order chi connectivity index (χ0) is 26.8. The number of nitrogen functional groups attached to an aromatic ring is 1. The molecule has 4 N–H and O–H groups in total. The van der Waals surface area contributed by atoms with Crippen LogP contribution in [0.15, 0.2) is 55.0 Å². The normalized spacial score (nSPS) is 16.6. The van der Waals surface area contributed by atoms with Gasteiger partial charge in [0.15, 0.2) is 23.0 Å². The third kappa shape index (κ3) is 3.52. The number of carbonyl (C=O) groups is 1. The molecule has 2 aromatic carbocycles. The number of phenolic OH excluding ortho intramolecular Hbond substituents is 1. The molecular weight excluding hydrogens is 499 g/mol. The number of hydrogen-bond donors (Lipinski definition) is 3. The molecule has 0 saturated heterocycles. The lowest BCUT2D eigenvalue weighted by molar-refractivity contribution is -0.119. The van der Waals surface area contributed by atoms with Crippen molar-refractivity contribution in [3.63, 3.8) is 0 Å². The van der Waals surface area contributed by atoms with E-state index in [1.807, 2.05) is 0 Å². The number of imidazole rings is 1. The molecule has 0 unspecified atom stereocenters. The first kappa shape index (κ1) is 23.4. The molecule has 4 heterocycles. The number of hydrogen-bond acceptors (Lipinski definition) is 7. The molecule has 5 aromatic rings. The van der Waals surface area contributed by atoms with Crippen molar-refractivity contribution in [1.29, 1.82) is 0 Å². The highest BCUT2D eigenvalue weighted by Crippen LogP contribution is 2.45. The Hall–Kier alpha value is -5.00. The van der Waals surface area contributed by atoms with E-state index < -0.39 is 34.5 Å². The Morgan fingerprint density at radius 3 is 2.66 bits per heavy atom. The van der Waals surface area contributed by atoms with Gasteiger partial charge in [0.05, 0.1) is 11.3 Å². The molecule has 0 aliphatic carbocycles. The fourth-order valence-electron chi connectivity index (χ4n) is 4.69. The summed E-state index contributed by atoms with van der Waals surface area (Å²) in [6.07, 6.45) is 4.85. The lowest BCUT2D eigenvalue weighted by Gasteiger charge is -2.23. The molecule has 190 valence electrons. The minimum atomic E-state index is -1.39. The molecule has 1 amide bonds. The van der Waals surface area contributed by atoms with E-state index in [4.69, 9.17) is 5.73 Å². The predicted octanol–water partition coefficient (Wildman–Crippen LogP) is 3.74. The molecule has 0 spiro atoms. The molecule has 6 rings (SSSR count). The number of anilines is 2. The average molecular weight is 517 g/mol. The second-order valence-electron chi connectivity index (χ2n) is 9.04. The number of amides is 1. The van der Waals surface area contributed by atoms with Crippen molar-refractivity contribution in [1.82, 2.24) is 24.3 Å². The Morgan fingerprint density at radius 1 is 1.08 bits per heavy atom. The number of benzene rings is 2. The summed E-state index contributed by atoms with van der Waals surface area (Å²) in [5.74, 6) is -3.11. The Labute approximate surface area is 212 Å². The van der Waals surface area contributed by atoms with Gasteiger partial charge in [-0.05, 0) is 36.2 Å². The molecule has 1 aliphatic heterocycles. The van der Waals surface area contributed by atoms with Crippen LogP contribution >= 0.6 is 0 Å². The van der Waals surface area contributed by atoms with Crippen LogP contribution in [0.5, 0.6) is 5.75 Å². The van der Waals surface area contributed by atoms with Crippen LogP contribution in [0, 0.1) is 17.5 Å². The zero-order valence-corrected chi connectivity index (χ0v) is 19.7. The molecule has 9 nitrogen and oxygen atoms in total. The van der Waals surface area contributed by atoms with Crippen molar-refractivity contribution < 1.29 is 23.1 Å². The van der Waals surface area contributed by atoms with E-state index in [0.29, 0.717) is 16.9 Å². The van der Waals surface area contributed by atoms with Crippen molar-refractivity contribution in [2.75, 3.05) is 11.1 Å². The maximum atomic E-state index is 14.4. The average Bonchev–Trinajstić information content (AvgIpc) is 3.45. The van der Waals surface area contributed by atoms with Gasteiger partial charge in [0.1, 0.15) is 34.4 Å². The van der Waals surface area contributed by atoms with Crippen molar-refractivity contribution in [2.45, 2.75) is 18.8 Å². The van der Waals surface area contributed by atoms with Gasteiger partial charge in [-0.1, -0.05) is 12.1 Å². The summed E-state index contributed by atoms with van der Waals surface area (Å²) in [6, 6.07) is 6.90. The molecule has 3 aromatic heterocycles. The Balaban J connectivity index is 1.46. The van der Waals surface area contributed by atoms with Gasteiger partial charge >= 0.3 is 0 Å². The first-order valence-electron chi connectivity index (χ1n) is 11.4. The predicted molar refractivity (Wildman–Crippen MR) is 131 cm³/mol. The van der Waals surface area contributed by atoms with Crippen LogP contribution in [-0.2, 0) is 16.6 Å². The second-order valence-corrected chi connectivity index (χ2v) is 9.04. The largest absolute Gasteiger partial charge is 0.505 e. The highest BCUT2D eigenvalue weighted by atomic mass is 19.1. The molecule has 1 aliphatic rings. The first-order chi connectivity index (χ1) is 18.1. The Morgan fingerprint density at radius 2 is 1.89 bits per heavy atom. The SMILES string of the molecule is C[C@]1(c2ccc(F)c(O)c2)C(=O)Nc2nc(-c3cn4ccnc4c(Cc4ccc(F)cc4F)n3)nc(N)c21. The van der Waals surface area contributed by atoms with E-state index in [1.54, 1.807) is 29.9 Å². The van der Waals surface area contributed by atoms with Crippen molar-refractivity contribution in [2.24, 2.45) is 0 Å². The Bertz CT molecular complexity index is 1790. The number of nitrogens with two attached hydrogens (primary N) is 1. The summed E-state index contributed by atoms with van der Waals surface area (Å²) in [5.41, 5.74) is 6.85. The van der Waals surface area contributed by atoms with E-state index in [9.17, 15) is 23.1 Å². The van der Waals surface area contributed by atoms with E-state index in [0.717, 1.165) is 24.3 Å². The standard InChI is InChI=1S/C26H18F3N7O2/c1-26(13-3-5-15(28)19(37)9-13)20-21(30)33-22(34-23(20)35-25(26)38)18-11-36-7-6-31-24(36)17(32-18)8-12-2-4-14(27)10-16(12)29/h2-7,9-11,37H,8H2,1H3,(H3,30,33,34,35,38)/t26-/m1/s1. The number of rotatable bonds is 4. The second kappa shape index (κ2) is 8.26. The summed E-state index contributed by atoms with van der Waals surface area (Å²) < 4.78 is 43.1. The molecule has 0 radical (unpaired) electrons. The van der Waals surface area contributed by atoms with Gasteiger partial charge in [-0.25, -0.2) is 33.1 Å². The summed E-state index contributed by atoms with van der Waals surface area (Å²) in [6.45, 7) is 1.57. The molecule has 38 heavy (non-hydrogen) atoms. The van der Waals surface area contributed by atoms with Crippen LogP contribution in [0.4, 0.5) is 24.8 Å². The monoisotopic (exact) mass is 517 g/mol. The van der Waals surface area contributed by atoms with Gasteiger partial charge < -0.3 is 20.6 Å². The van der Waals surface area contributed by atoms with Gasteiger partial charge in [0.25, 0.3) is 0 Å². The van der Waals surface area contributed by atoms with Gasteiger partial charge in [0.2, 0.25) is 5.91 Å². The number of phenols is 1. The summed E-state index contributed by atoms with van der Waals surface area (Å²) in [7, 11) is 0. The maximum absolute atomic E-state index is 14.4. The van der Waals surface area contributed by atoms with E-state index in [1.165, 1.54) is 12.1 Å². The lowest BCUT2D eigenvalue weighted by Crippen LogP contribution is -2.33. The topological polar surface area (TPSA) is 131 Å². The fraction of sp³-hybridized carbons (Fsp3) is 0.115. The highest BCUT2D eigenvalue weighted by Gasteiger charge is 2.48. The van der Waals surface area contributed by atoms with Crippen LogP contribution < -0.4 is 11.1 Å². The number of nitrogens with one attached hydrogen (secondary N) is 1. The van der Waals surface area contributed by atoms with E-state index >= 15 is 0 Å². The van der Waals surface area contributed by atoms with Gasteiger partial charge in [0, 0.05) is 31.1 Å². The number of halogens is 3. The smallest absolute Gasteiger partial charge is 0.240 e. The third-order valence-electron chi connectivity index (χ3n) is 6.69. The minimum Gasteiger partial charge on any atom is -0.505 e. The summed E-state index contributed by atoms with van der Waals surface area (Å²) >= 11 is 0. The van der Waals surface area contributed by atoms with E-state index in [2.05, 4.69) is 25.3 Å². The molecule has 1 atom stereocenters. The number of fused-ring (bicyclic) bond motifs is 2. The lowest BCUT2D eigenvalue weighted by atomic mass is 9.77. The van der Waals surface area contributed by atoms with Gasteiger partial charge in [-0.3, -0.25) is 4.79 Å². The first-order valence-corrected chi connectivity index (χ1v) is 11.4. The molecule has 0 bridgehead atoms. The van der Waals surface area contributed by atoms with Crippen LogP contribution in [0.2, 0.25) is 0 Å². The number of nitrogens with zero attached hydrogens (tertiary/aromatic N) is 5. The van der Waals surface area contributed by atoms with Gasteiger partial charge in [-0.2, -0.15) is 0 Å². The minimum absolute atomic E-state index is 0.0176. The molecule has 0 saturated carbocycles. The number of aromatic nitrogens is 5. The van der Waals surface area contributed by atoms with Crippen molar-refractivity contribution in [3.05, 3.63) is 94.8 Å². The highest BCUT2D eigenvalue weighted by molar-refractivity contribution is 6.09. The van der Waals surface area contributed by atoms with Crippen molar-refractivity contribution >= 4 is 23.2 Å². The Kier molecular flexibility index (Phi) is 5.09. The van der Waals surface area contributed by atoms with Crippen LogP contribution in [0.25, 0.3) is 17.2 Å². The molecule has 0 fully saturated rings. The fourth-order valence-corrected chi connectivity index (χ4v) is 4.69.